The van der Waals surface area contributed by atoms with Gasteiger partial charge < -0.3 is 15.5 Å². The minimum atomic E-state index is 0. The van der Waals surface area contributed by atoms with E-state index in [0.29, 0.717) is 18.4 Å². The van der Waals surface area contributed by atoms with Crippen molar-refractivity contribution >= 4 is 29.9 Å². The lowest BCUT2D eigenvalue weighted by Gasteiger charge is -2.32. The van der Waals surface area contributed by atoms with E-state index >= 15 is 0 Å². The molecule has 1 aliphatic heterocycles. The minimum Gasteiger partial charge on any atom is -0.370 e. The van der Waals surface area contributed by atoms with Crippen LogP contribution >= 0.6 is 24.0 Å². The van der Waals surface area contributed by atoms with Gasteiger partial charge in [0.15, 0.2) is 5.96 Å². The molecule has 22 heavy (non-hydrogen) atoms. The Balaban J connectivity index is 0.00000242. The first-order chi connectivity index (χ1) is 10.1. The summed E-state index contributed by atoms with van der Waals surface area (Å²) in [7, 11) is 4.18. The Kier molecular flexibility index (Phi) is 8.17. The molecule has 1 fully saturated rings. The molecule has 0 saturated carbocycles. The van der Waals surface area contributed by atoms with Crippen molar-refractivity contribution in [1.29, 1.82) is 0 Å². The number of hydrogen-bond donors (Lipinski definition) is 1. The van der Waals surface area contributed by atoms with Crippen LogP contribution in [0.15, 0.2) is 35.3 Å². The summed E-state index contributed by atoms with van der Waals surface area (Å²) in [6, 6.07) is 10.8. The summed E-state index contributed by atoms with van der Waals surface area (Å²) in [6.45, 7) is 5.06. The van der Waals surface area contributed by atoms with Crippen LogP contribution in [0.2, 0.25) is 0 Å². The van der Waals surface area contributed by atoms with Crippen molar-refractivity contribution in [3.63, 3.8) is 0 Å². The van der Waals surface area contributed by atoms with Crippen LogP contribution in [-0.4, -0.2) is 49.5 Å². The second-order valence-corrected chi connectivity index (χ2v) is 6.28. The molecule has 0 spiro atoms. The quantitative estimate of drug-likeness (QED) is 0.467. The van der Waals surface area contributed by atoms with Crippen molar-refractivity contribution in [3.8, 4) is 0 Å². The molecule has 1 aromatic carbocycles. The van der Waals surface area contributed by atoms with Gasteiger partial charge in [-0.2, -0.15) is 0 Å². The number of rotatable bonds is 4. The molecule has 0 aliphatic carbocycles. The van der Waals surface area contributed by atoms with E-state index in [9.17, 15) is 0 Å². The van der Waals surface area contributed by atoms with Gasteiger partial charge in [0, 0.05) is 13.1 Å². The summed E-state index contributed by atoms with van der Waals surface area (Å²) in [5.74, 6) is 1.41. The van der Waals surface area contributed by atoms with Crippen LogP contribution in [0.25, 0.3) is 0 Å². The minimum absolute atomic E-state index is 0. The fourth-order valence-electron chi connectivity index (χ4n) is 2.92. The Bertz CT molecular complexity index is 461. The van der Waals surface area contributed by atoms with Crippen LogP contribution in [0.4, 0.5) is 0 Å². The van der Waals surface area contributed by atoms with Crippen molar-refractivity contribution in [2.45, 2.75) is 25.8 Å². The van der Waals surface area contributed by atoms with Crippen molar-refractivity contribution in [1.82, 2.24) is 9.80 Å². The third kappa shape index (κ3) is 5.43. The number of likely N-dealkylation sites (N-methyl/N-ethyl adjacent to an activating group) is 1. The second kappa shape index (κ2) is 9.35. The SMILES string of the molecule is CC1CCCN(C(N)=NCC(c2ccccc2)N(C)C)C1.I. The Morgan fingerprint density at radius 2 is 2.05 bits per heavy atom. The summed E-state index contributed by atoms with van der Waals surface area (Å²) in [4.78, 5) is 9.09. The van der Waals surface area contributed by atoms with Gasteiger partial charge in [-0.1, -0.05) is 37.3 Å². The molecule has 1 heterocycles. The molecule has 5 heteroatoms. The predicted molar refractivity (Wildman–Crippen MR) is 105 cm³/mol. The van der Waals surface area contributed by atoms with Crippen LogP contribution in [0.1, 0.15) is 31.4 Å². The first-order valence-corrected chi connectivity index (χ1v) is 7.84. The second-order valence-electron chi connectivity index (χ2n) is 6.28. The van der Waals surface area contributed by atoms with Gasteiger partial charge in [-0.05, 0) is 38.4 Å². The fourth-order valence-corrected chi connectivity index (χ4v) is 2.92. The molecule has 0 radical (unpaired) electrons. The molecule has 2 rings (SSSR count). The van der Waals surface area contributed by atoms with Crippen LogP contribution in [-0.2, 0) is 0 Å². The number of halogens is 1. The monoisotopic (exact) mass is 416 g/mol. The number of nitrogens with zero attached hydrogens (tertiary/aromatic N) is 3. The van der Waals surface area contributed by atoms with Gasteiger partial charge in [0.05, 0.1) is 12.6 Å². The molecule has 1 saturated heterocycles. The number of benzene rings is 1. The summed E-state index contributed by atoms with van der Waals surface area (Å²) < 4.78 is 0. The number of piperidine rings is 1. The van der Waals surface area contributed by atoms with Gasteiger partial charge in [-0.3, -0.25) is 4.99 Å². The number of hydrogen-bond acceptors (Lipinski definition) is 2. The number of likely N-dealkylation sites (tertiary alicyclic amines) is 1. The Hall–Kier alpha value is -0.820. The van der Waals surface area contributed by atoms with Gasteiger partial charge in [-0.25, -0.2) is 0 Å². The lowest BCUT2D eigenvalue weighted by molar-refractivity contribution is 0.267. The van der Waals surface area contributed by atoms with E-state index in [1.165, 1.54) is 18.4 Å². The third-order valence-electron chi connectivity index (χ3n) is 4.21. The number of nitrogens with two attached hydrogens (primary N) is 1. The summed E-state index contributed by atoms with van der Waals surface area (Å²) in [5, 5.41) is 0. The van der Waals surface area contributed by atoms with Crippen LogP contribution < -0.4 is 5.73 Å². The largest absolute Gasteiger partial charge is 0.370 e. The van der Waals surface area contributed by atoms with Gasteiger partial charge in [0.25, 0.3) is 0 Å². The molecule has 0 aromatic heterocycles. The van der Waals surface area contributed by atoms with Crippen molar-refractivity contribution in [3.05, 3.63) is 35.9 Å². The Morgan fingerprint density at radius 1 is 1.36 bits per heavy atom. The van der Waals surface area contributed by atoms with E-state index in [2.05, 4.69) is 60.1 Å². The Labute approximate surface area is 151 Å². The van der Waals surface area contributed by atoms with Crippen LogP contribution in [0.3, 0.4) is 0 Å². The van der Waals surface area contributed by atoms with Gasteiger partial charge in [0.1, 0.15) is 0 Å². The molecule has 1 aliphatic rings. The highest BCUT2D eigenvalue weighted by Crippen LogP contribution is 2.19. The summed E-state index contributed by atoms with van der Waals surface area (Å²) >= 11 is 0. The van der Waals surface area contributed by atoms with Gasteiger partial charge >= 0.3 is 0 Å². The molecule has 124 valence electrons. The highest BCUT2D eigenvalue weighted by atomic mass is 127. The number of aliphatic imine (C=N–C) groups is 1. The average molecular weight is 416 g/mol. The fraction of sp³-hybridized carbons (Fsp3) is 0.588. The maximum Gasteiger partial charge on any atom is 0.191 e. The van der Waals surface area contributed by atoms with Crippen molar-refractivity contribution in [2.24, 2.45) is 16.6 Å². The van der Waals surface area contributed by atoms with Crippen molar-refractivity contribution in [2.75, 3.05) is 33.7 Å². The first kappa shape index (κ1) is 19.2. The zero-order chi connectivity index (χ0) is 15.2. The lowest BCUT2D eigenvalue weighted by Crippen LogP contribution is -2.43. The molecule has 2 atom stereocenters. The molecule has 4 nitrogen and oxygen atoms in total. The van der Waals surface area contributed by atoms with E-state index in [1.54, 1.807) is 0 Å². The van der Waals surface area contributed by atoms with E-state index in [1.807, 2.05) is 6.07 Å². The van der Waals surface area contributed by atoms with Crippen LogP contribution in [0.5, 0.6) is 0 Å². The molecule has 0 bridgehead atoms. The Morgan fingerprint density at radius 3 is 2.64 bits per heavy atom. The average Bonchev–Trinajstić information content (AvgIpc) is 2.48. The standard InChI is InChI=1S/C17H28N4.HI/c1-14-8-7-11-21(13-14)17(18)19-12-16(20(2)3)15-9-5-4-6-10-15;/h4-6,9-10,14,16H,7-8,11-13H2,1-3H3,(H2,18,19);1H. The van der Waals surface area contributed by atoms with Crippen molar-refractivity contribution < 1.29 is 0 Å². The maximum absolute atomic E-state index is 6.19. The number of guanidine groups is 1. The van der Waals surface area contributed by atoms with E-state index in [-0.39, 0.29) is 30.0 Å². The van der Waals surface area contributed by atoms with E-state index in [0.717, 1.165) is 13.1 Å². The highest BCUT2D eigenvalue weighted by molar-refractivity contribution is 14.0. The molecular weight excluding hydrogens is 387 g/mol. The smallest absolute Gasteiger partial charge is 0.191 e. The lowest BCUT2D eigenvalue weighted by atomic mass is 10.0. The first-order valence-electron chi connectivity index (χ1n) is 7.84. The van der Waals surface area contributed by atoms with Gasteiger partial charge in [0.2, 0.25) is 0 Å². The summed E-state index contributed by atoms with van der Waals surface area (Å²) in [6.07, 6.45) is 2.52. The molecule has 2 unspecified atom stereocenters. The maximum atomic E-state index is 6.19. The van der Waals surface area contributed by atoms with E-state index in [4.69, 9.17) is 5.73 Å². The summed E-state index contributed by atoms with van der Waals surface area (Å²) in [5.41, 5.74) is 7.48. The van der Waals surface area contributed by atoms with Gasteiger partial charge in [-0.15, -0.1) is 24.0 Å². The molecular formula is C17H29IN4. The van der Waals surface area contributed by atoms with E-state index < -0.39 is 0 Å². The molecule has 0 amide bonds. The molecule has 2 N–H and O–H groups in total. The topological polar surface area (TPSA) is 44.9 Å². The normalized spacial score (nSPS) is 20.6. The predicted octanol–water partition coefficient (Wildman–Crippen LogP) is 2.95. The molecule has 1 aromatic rings. The zero-order valence-corrected chi connectivity index (χ0v) is 16.2. The highest BCUT2D eigenvalue weighted by Gasteiger charge is 2.19. The zero-order valence-electron chi connectivity index (χ0n) is 13.9. The van der Waals surface area contributed by atoms with Crippen LogP contribution in [0, 0.1) is 5.92 Å². The third-order valence-corrected chi connectivity index (χ3v) is 4.21.